The molecule has 1 N–H and O–H groups in total. The average Bonchev–Trinajstić information content (AvgIpc) is 3.50. The van der Waals surface area contributed by atoms with Gasteiger partial charge in [-0.3, -0.25) is 4.79 Å². The third kappa shape index (κ3) is 10.8. The predicted molar refractivity (Wildman–Crippen MR) is 161 cm³/mol. The van der Waals surface area contributed by atoms with E-state index in [1.807, 2.05) is 65.1 Å². The van der Waals surface area contributed by atoms with Crippen molar-refractivity contribution in [1.82, 2.24) is 14.7 Å². The van der Waals surface area contributed by atoms with Gasteiger partial charge in [0, 0.05) is 51.1 Å². The van der Waals surface area contributed by atoms with Gasteiger partial charge in [0.05, 0.1) is 19.1 Å². The Bertz CT molecular complexity index is 983. The molecule has 2 amide bonds. The largest absolute Gasteiger partial charge is 0.457 e. The number of carbonyl (C=O) groups is 3. The van der Waals surface area contributed by atoms with Gasteiger partial charge in [-0.1, -0.05) is 45.1 Å². The molecule has 0 spiro atoms. The summed E-state index contributed by atoms with van der Waals surface area (Å²) < 4.78 is 17.3. The first-order valence-electron chi connectivity index (χ1n) is 15.5. The van der Waals surface area contributed by atoms with E-state index < -0.39 is 24.3 Å². The minimum absolute atomic E-state index is 0.0177. The molecule has 6 atom stereocenters. The van der Waals surface area contributed by atoms with Crippen LogP contribution in [-0.4, -0.2) is 109 Å². The minimum Gasteiger partial charge on any atom is -0.457 e. The lowest BCUT2D eigenvalue weighted by Gasteiger charge is -2.33. The zero-order valence-corrected chi connectivity index (χ0v) is 26.1. The number of ether oxygens (including phenoxy) is 3. The fraction of sp³-hybridized carbons (Fsp3) is 0.719. The number of rotatable bonds is 6. The van der Waals surface area contributed by atoms with Gasteiger partial charge in [-0.2, -0.15) is 0 Å². The van der Waals surface area contributed by atoms with E-state index >= 15 is 0 Å². The van der Waals surface area contributed by atoms with E-state index in [2.05, 4.69) is 4.90 Å². The zero-order chi connectivity index (χ0) is 30.6. The lowest BCUT2D eigenvalue weighted by atomic mass is 9.92. The Labute approximate surface area is 251 Å². The van der Waals surface area contributed by atoms with Crippen molar-refractivity contribution < 1.29 is 33.7 Å². The summed E-state index contributed by atoms with van der Waals surface area (Å²) in [5.74, 6) is -0.665. The number of aliphatic hydroxyl groups is 1. The summed E-state index contributed by atoms with van der Waals surface area (Å²) >= 11 is 0. The van der Waals surface area contributed by atoms with Gasteiger partial charge in [0.1, 0.15) is 12.2 Å². The standard InChI is InChI=1S/C32H51N3O7/c1-23(22-40-31(38)34-15-6-7-16-34)9-8-10-25(3)30-26(4)12-14-28(24(2)11-13-27(36)21-29(37)42-30)41-32(39)35-19-17-33(5)18-20-35/h8-10,12,14,23-24,26-28,30,36H,6-7,11,13,15-22H2,1-5H3/b9-8+,14-12-,25-10+/t23-,24+,26+,27-,28+,30-/m1/s1. The van der Waals surface area contributed by atoms with Crippen LogP contribution in [0.25, 0.3) is 0 Å². The molecule has 3 aliphatic heterocycles. The van der Waals surface area contributed by atoms with Crippen LogP contribution in [0.3, 0.4) is 0 Å². The van der Waals surface area contributed by atoms with Crippen LogP contribution in [0.1, 0.15) is 59.8 Å². The van der Waals surface area contributed by atoms with Crippen LogP contribution in [0.15, 0.2) is 36.0 Å². The Morgan fingerprint density at radius 2 is 1.71 bits per heavy atom. The number of carbonyl (C=O) groups excluding carboxylic acids is 3. The number of piperazine rings is 1. The summed E-state index contributed by atoms with van der Waals surface area (Å²) in [4.78, 5) is 43.5. The molecule has 0 saturated carbocycles. The fourth-order valence-electron chi connectivity index (χ4n) is 5.37. The summed E-state index contributed by atoms with van der Waals surface area (Å²) in [5, 5.41) is 10.5. The maximum Gasteiger partial charge on any atom is 0.410 e. The lowest BCUT2D eigenvalue weighted by Crippen LogP contribution is -2.48. The van der Waals surface area contributed by atoms with E-state index in [-0.39, 0.29) is 36.4 Å². The Morgan fingerprint density at radius 1 is 1.05 bits per heavy atom. The van der Waals surface area contributed by atoms with Crippen LogP contribution in [-0.2, 0) is 19.0 Å². The number of hydrogen-bond acceptors (Lipinski definition) is 8. The molecule has 3 rings (SSSR count). The van der Waals surface area contributed by atoms with Crippen molar-refractivity contribution in [2.45, 2.75) is 78.1 Å². The number of aliphatic hydroxyl groups excluding tert-OH is 1. The number of esters is 1. The second kappa shape index (κ2) is 16.7. The SMILES string of the molecule is C/C(=C\C=C\[C@@H](C)COC(=O)N1CCCC1)[C@H]1OC(=O)C[C@H](O)CC[C@H](C)[C@@H](OC(=O)N2CCN(C)CC2)/C=C\[C@@H]1C. The van der Waals surface area contributed by atoms with E-state index in [9.17, 15) is 19.5 Å². The van der Waals surface area contributed by atoms with Crippen molar-refractivity contribution in [3.05, 3.63) is 36.0 Å². The predicted octanol–water partition coefficient (Wildman–Crippen LogP) is 4.40. The number of likely N-dealkylation sites (tertiary alicyclic amines) is 1. The molecule has 2 saturated heterocycles. The highest BCUT2D eigenvalue weighted by molar-refractivity contribution is 5.70. The maximum absolute atomic E-state index is 13.0. The van der Waals surface area contributed by atoms with Crippen LogP contribution in [0.2, 0.25) is 0 Å². The van der Waals surface area contributed by atoms with Gasteiger partial charge >= 0.3 is 18.2 Å². The summed E-state index contributed by atoms with van der Waals surface area (Å²) in [5.41, 5.74) is 0.837. The normalized spacial score (nSPS) is 30.3. The number of nitrogens with zero attached hydrogens (tertiary/aromatic N) is 3. The van der Waals surface area contributed by atoms with Crippen molar-refractivity contribution >= 4 is 18.2 Å². The Morgan fingerprint density at radius 3 is 2.40 bits per heavy atom. The molecule has 3 aliphatic rings. The number of cyclic esters (lactones) is 1. The van der Waals surface area contributed by atoms with Crippen molar-refractivity contribution in [2.75, 3.05) is 52.9 Å². The fourth-order valence-corrected chi connectivity index (χ4v) is 5.37. The Balaban J connectivity index is 1.67. The first-order chi connectivity index (χ1) is 20.0. The Kier molecular flexibility index (Phi) is 13.4. The molecule has 0 unspecified atom stereocenters. The van der Waals surface area contributed by atoms with E-state index in [1.54, 1.807) is 9.80 Å². The highest BCUT2D eigenvalue weighted by Crippen LogP contribution is 2.25. The smallest absolute Gasteiger partial charge is 0.410 e. The summed E-state index contributed by atoms with van der Waals surface area (Å²) in [6.07, 6.45) is 10.1. The summed E-state index contributed by atoms with van der Waals surface area (Å²) in [7, 11) is 2.04. The highest BCUT2D eigenvalue weighted by atomic mass is 16.6. The average molecular weight is 590 g/mol. The van der Waals surface area contributed by atoms with Crippen LogP contribution in [0.4, 0.5) is 9.59 Å². The van der Waals surface area contributed by atoms with Crippen LogP contribution in [0.5, 0.6) is 0 Å². The molecule has 42 heavy (non-hydrogen) atoms. The molecule has 2 fully saturated rings. The molecular weight excluding hydrogens is 538 g/mol. The van der Waals surface area contributed by atoms with Gasteiger partial charge < -0.3 is 34.0 Å². The van der Waals surface area contributed by atoms with Crippen molar-refractivity contribution in [2.24, 2.45) is 17.8 Å². The van der Waals surface area contributed by atoms with Crippen LogP contribution < -0.4 is 0 Å². The monoisotopic (exact) mass is 589 g/mol. The van der Waals surface area contributed by atoms with E-state index in [1.165, 1.54) is 0 Å². The van der Waals surface area contributed by atoms with Gasteiger partial charge in [-0.15, -0.1) is 0 Å². The van der Waals surface area contributed by atoms with Crippen molar-refractivity contribution in [3.63, 3.8) is 0 Å². The summed E-state index contributed by atoms with van der Waals surface area (Å²) in [6, 6.07) is 0. The second-order valence-electron chi connectivity index (χ2n) is 12.2. The molecule has 0 aromatic heterocycles. The molecular formula is C32H51N3O7. The van der Waals surface area contributed by atoms with Gasteiger partial charge in [0.15, 0.2) is 0 Å². The molecule has 10 nitrogen and oxygen atoms in total. The number of likely N-dealkylation sites (N-methyl/N-ethyl adjacent to an activating group) is 1. The molecule has 236 valence electrons. The highest BCUT2D eigenvalue weighted by Gasteiger charge is 2.29. The number of hydrogen-bond donors (Lipinski definition) is 1. The van der Waals surface area contributed by atoms with Crippen LogP contribution in [0, 0.1) is 17.8 Å². The molecule has 0 aliphatic carbocycles. The van der Waals surface area contributed by atoms with Crippen LogP contribution >= 0.6 is 0 Å². The van der Waals surface area contributed by atoms with E-state index in [4.69, 9.17) is 14.2 Å². The first kappa shape index (κ1) is 33.6. The number of allylic oxidation sites excluding steroid dienone is 2. The molecule has 0 radical (unpaired) electrons. The minimum atomic E-state index is -0.832. The molecule has 0 aromatic carbocycles. The van der Waals surface area contributed by atoms with E-state index in [0.717, 1.165) is 44.6 Å². The molecule has 0 bridgehead atoms. The van der Waals surface area contributed by atoms with E-state index in [0.29, 0.717) is 32.5 Å². The van der Waals surface area contributed by atoms with Gasteiger partial charge in [-0.05, 0) is 57.2 Å². The van der Waals surface area contributed by atoms with Crippen molar-refractivity contribution in [3.8, 4) is 0 Å². The number of amides is 2. The first-order valence-corrected chi connectivity index (χ1v) is 15.5. The zero-order valence-electron chi connectivity index (χ0n) is 26.1. The maximum atomic E-state index is 13.0. The Hall–Kier alpha value is -2.85. The van der Waals surface area contributed by atoms with Gasteiger partial charge in [0.25, 0.3) is 0 Å². The second-order valence-corrected chi connectivity index (χ2v) is 12.2. The topological polar surface area (TPSA) is 109 Å². The molecule has 10 heteroatoms. The molecule has 3 heterocycles. The lowest BCUT2D eigenvalue weighted by molar-refractivity contribution is -0.151. The quantitative estimate of drug-likeness (QED) is 0.210. The molecule has 0 aromatic rings. The third-order valence-corrected chi connectivity index (χ3v) is 8.34. The van der Waals surface area contributed by atoms with Crippen molar-refractivity contribution in [1.29, 1.82) is 0 Å². The van der Waals surface area contributed by atoms with Gasteiger partial charge in [0.2, 0.25) is 0 Å². The third-order valence-electron chi connectivity index (χ3n) is 8.34. The summed E-state index contributed by atoms with van der Waals surface area (Å²) in [6.45, 7) is 12.5. The van der Waals surface area contributed by atoms with Gasteiger partial charge in [-0.25, -0.2) is 9.59 Å².